The molecule has 2 aromatic rings. The maximum absolute atomic E-state index is 12.7. The number of anilines is 1. The van der Waals surface area contributed by atoms with Gasteiger partial charge in [0.1, 0.15) is 17.0 Å². The van der Waals surface area contributed by atoms with Gasteiger partial charge in [0.15, 0.2) is 0 Å². The van der Waals surface area contributed by atoms with Crippen LogP contribution in [0.5, 0.6) is 0 Å². The minimum absolute atomic E-state index is 0.0961. The van der Waals surface area contributed by atoms with Gasteiger partial charge in [-0.15, -0.1) is 0 Å². The SMILES string of the molecule is CC(C)(C)OC(=O)N(C(=O)OC(C)(C)C)c1ccc2c(Cl)cc(CBr)cc2n1. The highest BCUT2D eigenvalue weighted by molar-refractivity contribution is 9.08. The van der Waals surface area contributed by atoms with Crippen LogP contribution in [0.2, 0.25) is 5.02 Å². The van der Waals surface area contributed by atoms with Crippen LogP contribution in [0.1, 0.15) is 47.1 Å². The van der Waals surface area contributed by atoms with Gasteiger partial charge in [0.05, 0.1) is 10.5 Å². The Bertz CT molecular complexity index is 875. The van der Waals surface area contributed by atoms with Gasteiger partial charge in [-0.1, -0.05) is 27.5 Å². The summed E-state index contributed by atoms with van der Waals surface area (Å²) in [6.45, 7) is 10.3. The van der Waals surface area contributed by atoms with Crippen LogP contribution >= 0.6 is 27.5 Å². The Labute approximate surface area is 178 Å². The molecular weight excluding hydrogens is 448 g/mol. The number of carbonyl (C=O) groups is 2. The average Bonchev–Trinajstić information content (AvgIpc) is 2.51. The summed E-state index contributed by atoms with van der Waals surface area (Å²) in [7, 11) is 0. The van der Waals surface area contributed by atoms with E-state index in [4.69, 9.17) is 21.1 Å². The van der Waals surface area contributed by atoms with Crippen LogP contribution < -0.4 is 4.90 Å². The zero-order valence-electron chi connectivity index (χ0n) is 16.8. The minimum atomic E-state index is -0.864. The molecule has 0 saturated heterocycles. The smallest absolute Gasteiger partial charge is 0.425 e. The van der Waals surface area contributed by atoms with Crippen LogP contribution in [0.4, 0.5) is 15.4 Å². The molecule has 0 aliphatic carbocycles. The molecule has 0 radical (unpaired) electrons. The fourth-order valence-electron chi connectivity index (χ4n) is 2.31. The van der Waals surface area contributed by atoms with Crippen LogP contribution in [0, 0.1) is 0 Å². The fourth-order valence-corrected chi connectivity index (χ4v) is 2.94. The van der Waals surface area contributed by atoms with Crippen molar-refractivity contribution in [3.63, 3.8) is 0 Å². The number of aromatic nitrogens is 1. The van der Waals surface area contributed by atoms with E-state index < -0.39 is 23.4 Å². The van der Waals surface area contributed by atoms with Crippen molar-refractivity contribution in [3.05, 3.63) is 34.9 Å². The molecule has 2 amide bonds. The van der Waals surface area contributed by atoms with Crippen LogP contribution in [0.15, 0.2) is 24.3 Å². The van der Waals surface area contributed by atoms with Crippen molar-refractivity contribution in [2.45, 2.75) is 58.1 Å². The molecule has 0 N–H and O–H groups in total. The second-order valence-electron chi connectivity index (χ2n) is 8.24. The van der Waals surface area contributed by atoms with E-state index in [0.29, 0.717) is 21.3 Å². The number of amides is 2. The van der Waals surface area contributed by atoms with Crippen LogP contribution in [-0.4, -0.2) is 28.4 Å². The quantitative estimate of drug-likeness (QED) is 0.470. The number of alkyl halides is 1. The Morgan fingerprint density at radius 1 is 1.04 bits per heavy atom. The number of hydrogen-bond donors (Lipinski definition) is 0. The number of hydrogen-bond acceptors (Lipinski definition) is 5. The molecule has 0 saturated carbocycles. The van der Waals surface area contributed by atoms with E-state index in [2.05, 4.69) is 20.9 Å². The summed E-state index contributed by atoms with van der Waals surface area (Å²) in [4.78, 5) is 30.7. The topological polar surface area (TPSA) is 68.7 Å². The largest absolute Gasteiger partial charge is 0.443 e. The molecule has 1 aromatic carbocycles. The fraction of sp³-hybridized carbons (Fsp3) is 0.450. The first kappa shape index (κ1) is 22.4. The molecule has 0 aliphatic rings. The molecule has 152 valence electrons. The number of halogens is 2. The zero-order valence-corrected chi connectivity index (χ0v) is 19.1. The third-order valence-electron chi connectivity index (χ3n) is 3.34. The van der Waals surface area contributed by atoms with Crippen molar-refractivity contribution < 1.29 is 19.1 Å². The van der Waals surface area contributed by atoms with Gasteiger partial charge in [0.25, 0.3) is 0 Å². The monoisotopic (exact) mass is 470 g/mol. The van der Waals surface area contributed by atoms with Gasteiger partial charge in [0, 0.05) is 10.7 Å². The minimum Gasteiger partial charge on any atom is -0.443 e. The predicted molar refractivity (Wildman–Crippen MR) is 114 cm³/mol. The number of imide groups is 1. The lowest BCUT2D eigenvalue weighted by atomic mass is 10.1. The number of ether oxygens (including phenoxy) is 2. The standard InChI is InChI=1S/C20H24BrClN2O4/c1-19(2,3)27-17(25)24(18(26)28-20(4,5)6)16-8-7-13-14(22)9-12(11-21)10-15(13)23-16/h7-10H,11H2,1-6H3. The maximum Gasteiger partial charge on any atom is 0.425 e. The van der Waals surface area contributed by atoms with Crippen LogP contribution in [0.3, 0.4) is 0 Å². The van der Waals surface area contributed by atoms with Crippen molar-refractivity contribution in [2.75, 3.05) is 4.90 Å². The lowest BCUT2D eigenvalue weighted by molar-refractivity contribution is 0.0429. The van der Waals surface area contributed by atoms with Gasteiger partial charge in [-0.2, -0.15) is 4.90 Å². The summed E-state index contributed by atoms with van der Waals surface area (Å²) < 4.78 is 10.8. The number of carbonyl (C=O) groups excluding carboxylic acids is 2. The highest BCUT2D eigenvalue weighted by Crippen LogP contribution is 2.29. The molecule has 28 heavy (non-hydrogen) atoms. The Morgan fingerprint density at radius 2 is 1.57 bits per heavy atom. The van der Waals surface area contributed by atoms with Gasteiger partial charge in [0.2, 0.25) is 0 Å². The van der Waals surface area contributed by atoms with E-state index in [0.717, 1.165) is 10.5 Å². The summed E-state index contributed by atoms with van der Waals surface area (Å²) in [5, 5.41) is 1.84. The zero-order chi connectivity index (χ0) is 21.3. The second-order valence-corrected chi connectivity index (χ2v) is 9.21. The Balaban J connectivity index is 2.55. The highest BCUT2D eigenvalue weighted by Gasteiger charge is 2.33. The molecule has 0 fully saturated rings. The van der Waals surface area contributed by atoms with E-state index in [9.17, 15) is 9.59 Å². The van der Waals surface area contributed by atoms with Crippen molar-refractivity contribution in [1.82, 2.24) is 4.98 Å². The van der Waals surface area contributed by atoms with Gasteiger partial charge in [-0.05, 0) is 71.4 Å². The molecule has 0 atom stereocenters. The number of pyridine rings is 1. The Kier molecular flexibility index (Phi) is 6.61. The molecular formula is C20H24BrClN2O4. The number of nitrogens with zero attached hydrogens (tertiary/aromatic N) is 2. The van der Waals surface area contributed by atoms with Crippen molar-refractivity contribution in [1.29, 1.82) is 0 Å². The number of fused-ring (bicyclic) bond motifs is 1. The first-order valence-electron chi connectivity index (χ1n) is 8.72. The van der Waals surface area contributed by atoms with E-state index in [1.165, 1.54) is 6.07 Å². The molecule has 8 heteroatoms. The number of rotatable bonds is 2. The summed E-state index contributed by atoms with van der Waals surface area (Å²) >= 11 is 9.71. The van der Waals surface area contributed by atoms with E-state index in [1.54, 1.807) is 47.6 Å². The lowest BCUT2D eigenvalue weighted by Gasteiger charge is -2.28. The first-order valence-corrected chi connectivity index (χ1v) is 10.2. The average molecular weight is 472 g/mol. The van der Waals surface area contributed by atoms with Crippen LogP contribution in [-0.2, 0) is 14.8 Å². The highest BCUT2D eigenvalue weighted by atomic mass is 79.9. The van der Waals surface area contributed by atoms with Gasteiger partial charge in [-0.3, -0.25) is 0 Å². The molecule has 1 heterocycles. The Morgan fingerprint density at radius 3 is 2.04 bits per heavy atom. The molecule has 1 aromatic heterocycles. The molecule has 2 rings (SSSR count). The summed E-state index contributed by atoms with van der Waals surface area (Å²) in [6.07, 6.45) is -1.73. The molecule has 0 spiro atoms. The van der Waals surface area contributed by atoms with Gasteiger partial charge < -0.3 is 9.47 Å². The van der Waals surface area contributed by atoms with Crippen molar-refractivity contribution in [3.8, 4) is 0 Å². The van der Waals surface area contributed by atoms with Crippen molar-refractivity contribution in [2.24, 2.45) is 0 Å². The van der Waals surface area contributed by atoms with Crippen LogP contribution in [0.25, 0.3) is 10.9 Å². The second kappa shape index (κ2) is 8.25. The third-order valence-corrected chi connectivity index (χ3v) is 4.30. The Hall–Kier alpha value is -1.86. The lowest BCUT2D eigenvalue weighted by Crippen LogP contribution is -2.44. The summed E-state index contributed by atoms with van der Waals surface area (Å²) in [5.74, 6) is 0.0961. The number of benzene rings is 1. The maximum atomic E-state index is 12.7. The molecule has 0 unspecified atom stereocenters. The summed E-state index contributed by atoms with van der Waals surface area (Å²) in [5.41, 5.74) is -0.110. The van der Waals surface area contributed by atoms with E-state index in [-0.39, 0.29) is 5.82 Å². The molecule has 0 bridgehead atoms. The molecule has 0 aliphatic heterocycles. The van der Waals surface area contributed by atoms with E-state index in [1.807, 2.05) is 12.1 Å². The van der Waals surface area contributed by atoms with Gasteiger partial charge in [-0.25, -0.2) is 14.6 Å². The van der Waals surface area contributed by atoms with Crippen molar-refractivity contribution >= 4 is 56.4 Å². The first-order chi connectivity index (χ1) is 12.8. The van der Waals surface area contributed by atoms with E-state index >= 15 is 0 Å². The predicted octanol–water partition coefficient (Wildman–Crippen LogP) is 6.46. The third kappa shape index (κ3) is 5.82. The molecule has 6 nitrogen and oxygen atoms in total. The van der Waals surface area contributed by atoms with Gasteiger partial charge >= 0.3 is 12.2 Å². The normalized spacial score (nSPS) is 12.0. The summed E-state index contributed by atoms with van der Waals surface area (Å²) in [6, 6.07) is 6.91.